The molecule has 0 aromatic heterocycles. The molecular formula is C10H16N2O2. The molecule has 2 unspecified atom stereocenters. The smallest absolute Gasteiger partial charge is 0.312 e. The molecule has 0 saturated heterocycles. The summed E-state index contributed by atoms with van der Waals surface area (Å²) in [5, 5.41) is 9.01. The largest absolute Gasteiger partial charge is 0.481 e. The highest BCUT2D eigenvalue weighted by molar-refractivity contribution is 5.75. The van der Waals surface area contributed by atoms with Crippen LogP contribution in [-0.2, 0) is 4.79 Å². The van der Waals surface area contributed by atoms with E-state index in [9.17, 15) is 4.79 Å². The molecule has 4 heteroatoms. The summed E-state index contributed by atoms with van der Waals surface area (Å²) >= 11 is 0. The van der Waals surface area contributed by atoms with Crippen LogP contribution in [0.3, 0.4) is 0 Å². The third-order valence-electron chi connectivity index (χ3n) is 2.70. The number of carboxylic acid groups (broad SMARTS) is 1. The van der Waals surface area contributed by atoms with E-state index in [1.807, 2.05) is 13.8 Å². The van der Waals surface area contributed by atoms with Gasteiger partial charge in [-0.3, -0.25) is 4.79 Å². The van der Waals surface area contributed by atoms with Gasteiger partial charge in [0.15, 0.2) is 0 Å². The van der Waals surface area contributed by atoms with Crippen molar-refractivity contribution in [1.82, 2.24) is 0 Å². The van der Waals surface area contributed by atoms with E-state index in [4.69, 9.17) is 16.6 Å². The van der Waals surface area contributed by atoms with Crippen molar-refractivity contribution in [2.75, 3.05) is 0 Å². The van der Waals surface area contributed by atoms with Crippen LogP contribution in [0.25, 0.3) is 0 Å². The van der Waals surface area contributed by atoms with Gasteiger partial charge in [-0.2, -0.15) is 0 Å². The zero-order valence-corrected chi connectivity index (χ0v) is 8.40. The van der Waals surface area contributed by atoms with Gasteiger partial charge in [-0.05, 0) is 18.1 Å². The van der Waals surface area contributed by atoms with Crippen LogP contribution in [0.5, 0.6) is 0 Å². The van der Waals surface area contributed by atoms with Crippen LogP contribution < -0.4 is 11.5 Å². The van der Waals surface area contributed by atoms with Crippen molar-refractivity contribution >= 4 is 5.97 Å². The van der Waals surface area contributed by atoms with E-state index in [-0.39, 0.29) is 5.92 Å². The number of nitrogens with two attached hydrogens (primary N) is 2. The molecule has 0 spiro atoms. The van der Waals surface area contributed by atoms with E-state index in [0.29, 0.717) is 5.70 Å². The number of carbonyl (C=O) groups is 1. The van der Waals surface area contributed by atoms with Gasteiger partial charge >= 0.3 is 5.97 Å². The molecule has 0 heterocycles. The summed E-state index contributed by atoms with van der Waals surface area (Å²) in [6.45, 7) is 3.78. The van der Waals surface area contributed by atoms with Crippen LogP contribution in [0.2, 0.25) is 0 Å². The third kappa shape index (κ3) is 1.65. The fourth-order valence-electron chi connectivity index (χ4n) is 1.62. The topological polar surface area (TPSA) is 89.3 Å². The summed E-state index contributed by atoms with van der Waals surface area (Å²) < 4.78 is 0. The fourth-order valence-corrected chi connectivity index (χ4v) is 1.62. The summed E-state index contributed by atoms with van der Waals surface area (Å²) in [5.74, 6) is -1.59. The molecule has 0 fully saturated rings. The Balaban J connectivity index is 3.10. The van der Waals surface area contributed by atoms with Crippen LogP contribution in [-0.4, -0.2) is 16.6 Å². The summed E-state index contributed by atoms with van der Waals surface area (Å²) in [6.07, 6.45) is 4.78. The lowest BCUT2D eigenvalue weighted by Crippen LogP contribution is -2.53. The van der Waals surface area contributed by atoms with Crippen molar-refractivity contribution in [3.8, 4) is 0 Å². The quantitative estimate of drug-likeness (QED) is 0.598. The molecule has 1 rings (SSSR count). The number of aliphatic carboxylic acids is 1. The van der Waals surface area contributed by atoms with Crippen molar-refractivity contribution in [1.29, 1.82) is 0 Å². The Bertz CT molecular complexity index is 307. The van der Waals surface area contributed by atoms with Crippen LogP contribution in [0.4, 0.5) is 0 Å². The molecule has 0 bridgehead atoms. The van der Waals surface area contributed by atoms with Gasteiger partial charge in [0, 0.05) is 5.70 Å². The lowest BCUT2D eigenvalue weighted by molar-refractivity contribution is -0.142. The molecule has 2 atom stereocenters. The van der Waals surface area contributed by atoms with Crippen molar-refractivity contribution in [3.63, 3.8) is 0 Å². The molecule has 14 heavy (non-hydrogen) atoms. The number of hydrogen-bond donors (Lipinski definition) is 3. The van der Waals surface area contributed by atoms with Crippen LogP contribution in [0.1, 0.15) is 13.8 Å². The molecule has 0 aromatic rings. The molecule has 0 radical (unpaired) electrons. The first-order valence-electron chi connectivity index (χ1n) is 4.56. The van der Waals surface area contributed by atoms with E-state index in [1.54, 1.807) is 18.2 Å². The van der Waals surface area contributed by atoms with E-state index in [1.165, 1.54) is 0 Å². The molecule has 0 saturated carbocycles. The van der Waals surface area contributed by atoms with Gasteiger partial charge < -0.3 is 16.6 Å². The molecule has 5 N–H and O–H groups in total. The minimum atomic E-state index is -0.916. The fraction of sp³-hybridized carbons (Fsp3) is 0.500. The van der Waals surface area contributed by atoms with Crippen molar-refractivity contribution in [2.24, 2.45) is 23.3 Å². The maximum atomic E-state index is 11.0. The highest BCUT2D eigenvalue weighted by Gasteiger charge is 2.40. The van der Waals surface area contributed by atoms with Crippen molar-refractivity contribution in [2.45, 2.75) is 19.4 Å². The zero-order chi connectivity index (χ0) is 10.9. The van der Waals surface area contributed by atoms with Gasteiger partial charge in [-0.25, -0.2) is 0 Å². The molecule has 1 aliphatic rings. The minimum Gasteiger partial charge on any atom is -0.481 e. The van der Waals surface area contributed by atoms with Gasteiger partial charge in [0.05, 0.1) is 11.5 Å². The van der Waals surface area contributed by atoms with E-state index in [2.05, 4.69) is 0 Å². The third-order valence-corrected chi connectivity index (χ3v) is 2.70. The molecule has 78 valence electrons. The predicted octanol–water partition coefficient (Wildman–Crippen LogP) is 0.453. The summed E-state index contributed by atoms with van der Waals surface area (Å²) in [7, 11) is 0. The first kappa shape index (κ1) is 10.8. The van der Waals surface area contributed by atoms with Gasteiger partial charge in [0.1, 0.15) is 0 Å². The standard InChI is InChI=1S/C10H16N2O2/c1-6(2)10(12)5-7(11)3-4-8(10)9(13)14/h3-6,8H,11-12H2,1-2H3,(H,13,14). The van der Waals surface area contributed by atoms with Crippen LogP contribution >= 0.6 is 0 Å². The van der Waals surface area contributed by atoms with Crippen molar-refractivity contribution < 1.29 is 9.90 Å². The normalized spacial score (nSPS) is 31.7. The molecule has 0 aliphatic heterocycles. The molecule has 0 amide bonds. The first-order chi connectivity index (χ1) is 6.38. The van der Waals surface area contributed by atoms with Gasteiger partial charge in [-0.15, -0.1) is 0 Å². The molecule has 1 aliphatic carbocycles. The Morgan fingerprint density at radius 1 is 1.64 bits per heavy atom. The van der Waals surface area contributed by atoms with Crippen molar-refractivity contribution in [3.05, 3.63) is 23.9 Å². The average Bonchev–Trinajstić information content (AvgIpc) is 2.02. The highest BCUT2D eigenvalue weighted by Crippen LogP contribution is 2.30. The monoisotopic (exact) mass is 196 g/mol. The first-order valence-corrected chi connectivity index (χ1v) is 4.56. The second kappa shape index (κ2) is 3.46. The SMILES string of the molecule is CC(C)C1(N)C=C(N)C=CC1C(=O)O. The second-order valence-electron chi connectivity index (χ2n) is 3.97. The average molecular weight is 196 g/mol. The Kier molecular flexibility index (Phi) is 2.66. The minimum absolute atomic E-state index is 0.0205. The maximum Gasteiger partial charge on any atom is 0.312 e. The lowest BCUT2D eigenvalue weighted by atomic mass is 9.73. The summed E-state index contributed by atoms with van der Waals surface area (Å²) in [6, 6.07) is 0. The summed E-state index contributed by atoms with van der Waals surface area (Å²) in [4.78, 5) is 11.0. The van der Waals surface area contributed by atoms with E-state index in [0.717, 1.165) is 0 Å². The highest BCUT2D eigenvalue weighted by atomic mass is 16.4. The number of hydrogen-bond acceptors (Lipinski definition) is 3. The Labute approximate surface area is 83.3 Å². The number of allylic oxidation sites excluding steroid dienone is 1. The van der Waals surface area contributed by atoms with E-state index < -0.39 is 17.4 Å². The number of carboxylic acids is 1. The maximum absolute atomic E-state index is 11.0. The van der Waals surface area contributed by atoms with E-state index >= 15 is 0 Å². The van der Waals surface area contributed by atoms with Gasteiger partial charge in [0.2, 0.25) is 0 Å². The summed E-state index contributed by atoms with van der Waals surface area (Å²) in [5.41, 5.74) is 11.3. The molecule has 4 nitrogen and oxygen atoms in total. The molecule has 0 aromatic carbocycles. The van der Waals surface area contributed by atoms with Gasteiger partial charge in [-0.1, -0.05) is 19.9 Å². The zero-order valence-electron chi connectivity index (χ0n) is 8.40. The Morgan fingerprint density at radius 2 is 2.21 bits per heavy atom. The number of rotatable bonds is 2. The van der Waals surface area contributed by atoms with Crippen LogP contribution in [0.15, 0.2) is 23.9 Å². The lowest BCUT2D eigenvalue weighted by Gasteiger charge is -2.36. The second-order valence-corrected chi connectivity index (χ2v) is 3.97. The Morgan fingerprint density at radius 3 is 2.64 bits per heavy atom. The van der Waals surface area contributed by atoms with Crippen LogP contribution in [0, 0.1) is 11.8 Å². The predicted molar refractivity (Wildman–Crippen MR) is 54.3 cm³/mol. The molecular weight excluding hydrogens is 180 g/mol. The Hall–Kier alpha value is -1.29. The van der Waals surface area contributed by atoms with Gasteiger partial charge in [0.25, 0.3) is 0 Å².